The minimum Gasteiger partial charge on any atom is -0.491 e. The molecule has 1 aromatic rings. The highest BCUT2D eigenvalue weighted by atomic mass is 16.5. The van der Waals surface area contributed by atoms with Crippen LogP contribution < -0.4 is 10.1 Å². The van der Waals surface area contributed by atoms with Crippen LogP contribution in [0.4, 0.5) is 0 Å². The molecular formula is C13H21NO. The van der Waals surface area contributed by atoms with Crippen LogP contribution in [-0.4, -0.2) is 19.7 Å². The second-order valence-corrected chi connectivity index (χ2v) is 3.99. The lowest BCUT2D eigenvalue weighted by atomic mass is 10.2. The molecule has 1 N–H and O–H groups in total. The van der Waals surface area contributed by atoms with E-state index in [1.54, 1.807) is 0 Å². The quantitative estimate of drug-likeness (QED) is 0.724. The molecule has 0 amide bonds. The van der Waals surface area contributed by atoms with Crippen LogP contribution in [0, 0.1) is 6.92 Å². The Morgan fingerprint density at radius 2 is 1.93 bits per heavy atom. The average Bonchev–Trinajstić information content (AvgIpc) is 2.22. The molecule has 0 bridgehead atoms. The van der Waals surface area contributed by atoms with Gasteiger partial charge in [-0.1, -0.05) is 17.7 Å². The number of benzene rings is 1. The Balaban J connectivity index is 2.31. The molecule has 0 aliphatic carbocycles. The highest BCUT2D eigenvalue weighted by Crippen LogP contribution is 2.14. The van der Waals surface area contributed by atoms with Crippen LogP contribution in [0.15, 0.2) is 24.3 Å². The van der Waals surface area contributed by atoms with Crippen molar-refractivity contribution in [3.8, 4) is 5.75 Å². The molecule has 0 fully saturated rings. The van der Waals surface area contributed by atoms with Gasteiger partial charge in [0.1, 0.15) is 5.75 Å². The van der Waals surface area contributed by atoms with Crippen LogP contribution in [0.25, 0.3) is 0 Å². The first-order chi connectivity index (χ1) is 7.22. The van der Waals surface area contributed by atoms with Crippen LogP contribution in [0.3, 0.4) is 0 Å². The van der Waals surface area contributed by atoms with Gasteiger partial charge in [-0.3, -0.25) is 0 Å². The number of aryl methyl sites for hydroxylation is 1. The van der Waals surface area contributed by atoms with Gasteiger partial charge in [0.15, 0.2) is 0 Å². The Labute approximate surface area is 92.6 Å². The molecule has 0 radical (unpaired) electrons. The fourth-order valence-electron chi connectivity index (χ4n) is 1.47. The third kappa shape index (κ3) is 4.84. The number of ether oxygens (including phenoxy) is 1. The minimum absolute atomic E-state index is 0.293. The lowest BCUT2D eigenvalue weighted by Crippen LogP contribution is -2.15. The lowest BCUT2D eigenvalue weighted by Gasteiger charge is -2.14. The summed E-state index contributed by atoms with van der Waals surface area (Å²) in [6.45, 7) is 5.26. The minimum atomic E-state index is 0.293. The van der Waals surface area contributed by atoms with Crippen molar-refractivity contribution in [1.82, 2.24) is 5.32 Å². The fourth-order valence-corrected chi connectivity index (χ4v) is 1.47. The molecule has 1 rings (SSSR count). The summed E-state index contributed by atoms with van der Waals surface area (Å²) in [7, 11) is 1.98. The van der Waals surface area contributed by atoms with Crippen molar-refractivity contribution in [3.63, 3.8) is 0 Å². The van der Waals surface area contributed by atoms with Crippen LogP contribution in [0.5, 0.6) is 5.75 Å². The molecule has 15 heavy (non-hydrogen) atoms. The Kier molecular flexibility index (Phi) is 5.19. The van der Waals surface area contributed by atoms with Crippen molar-refractivity contribution < 1.29 is 4.74 Å². The van der Waals surface area contributed by atoms with E-state index in [-0.39, 0.29) is 0 Å². The van der Waals surface area contributed by atoms with E-state index >= 15 is 0 Å². The molecule has 0 aliphatic rings. The van der Waals surface area contributed by atoms with Crippen LogP contribution in [-0.2, 0) is 0 Å². The topological polar surface area (TPSA) is 21.3 Å². The SMILES string of the molecule is CNCCCC(C)Oc1ccc(C)cc1. The van der Waals surface area contributed by atoms with Gasteiger partial charge in [0, 0.05) is 0 Å². The van der Waals surface area contributed by atoms with Crippen molar-refractivity contribution in [3.05, 3.63) is 29.8 Å². The van der Waals surface area contributed by atoms with Crippen LogP contribution in [0.1, 0.15) is 25.3 Å². The maximum atomic E-state index is 5.79. The summed E-state index contributed by atoms with van der Waals surface area (Å²) in [5.41, 5.74) is 1.27. The first-order valence-electron chi connectivity index (χ1n) is 5.60. The smallest absolute Gasteiger partial charge is 0.119 e. The number of hydrogen-bond donors (Lipinski definition) is 1. The van der Waals surface area contributed by atoms with Gasteiger partial charge in [-0.15, -0.1) is 0 Å². The maximum absolute atomic E-state index is 5.79. The summed E-state index contributed by atoms with van der Waals surface area (Å²) in [5, 5.41) is 3.14. The molecule has 2 heteroatoms. The summed E-state index contributed by atoms with van der Waals surface area (Å²) in [5.74, 6) is 0.970. The first kappa shape index (κ1) is 12.1. The molecule has 1 atom stereocenters. The van der Waals surface area contributed by atoms with Gasteiger partial charge in [-0.25, -0.2) is 0 Å². The normalized spacial score (nSPS) is 12.5. The number of hydrogen-bond acceptors (Lipinski definition) is 2. The highest BCUT2D eigenvalue weighted by molar-refractivity contribution is 5.26. The van der Waals surface area contributed by atoms with E-state index < -0.39 is 0 Å². The van der Waals surface area contributed by atoms with E-state index in [0.29, 0.717) is 6.10 Å². The summed E-state index contributed by atoms with van der Waals surface area (Å²) in [6, 6.07) is 8.22. The van der Waals surface area contributed by atoms with Crippen molar-refractivity contribution >= 4 is 0 Å². The van der Waals surface area contributed by atoms with E-state index in [2.05, 4.69) is 31.3 Å². The third-order valence-corrected chi connectivity index (χ3v) is 2.40. The van der Waals surface area contributed by atoms with Crippen LogP contribution >= 0.6 is 0 Å². The van der Waals surface area contributed by atoms with Crippen LogP contribution in [0.2, 0.25) is 0 Å². The molecule has 84 valence electrons. The molecule has 0 heterocycles. The number of rotatable bonds is 6. The average molecular weight is 207 g/mol. The zero-order chi connectivity index (χ0) is 11.1. The molecule has 0 saturated heterocycles. The first-order valence-corrected chi connectivity index (χ1v) is 5.60. The van der Waals surface area contributed by atoms with E-state index in [9.17, 15) is 0 Å². The van der Waals surface area contributed by atoms with Crippen molar-refractivity contribution in [2.24, 2.45) is 0 Å². The summed E-state index contributed by atoms with van der Waals surface area (Å²) < 4.78 is 5.79. The summed E-state index contributed by atoms with van der Waals surface area (Å²) >= 11 is 0. The standard InChI is InChI=1S/C13H21NO/c1-11-6-8-13(9-7-11)15-12(2)5-4-10-14-3/h6-9,12,14H,4-5,10H2,1-3H3. The van der Waals surface area contributed by atoms with Crippen molar-refractivity contribution in [2.45, 2.75) is 32.8 Å². The molecule has 0 saturated carbocycles. The third-order valence-electron chi connectivity index (χ3n) is 2.40. The molecule has 0 aliphatic heterocycles. The molecule has 1 unspecified atom stereocenters. The Morgan fingerprint density at radius 3 is 2.53 bits per heavy atom. The van der Waals surface area contributed by atoms with Gasteiger partial charge in [-0.05, 0) is 52.4 Å². The van der Waals surface area contributed by atoms with Gasteiger partial charge >= 0.3 is 0 Å². The summed E-state index contributed by atoms with van der Waals surface area (Å²) in [4.78, 5) is 0. The van der Waals surface area contributed by atoms with E-state index in [0.717, 1.165) is 25.1 Å². The lowest BCUT2D eigenvalue weighted by molar-refractivity contribution is 0.208. The maximum Gasteiger partial charge on any atom is 0.119 e. The fraction of sp³-hybridized carbons (Fsp3) is 0.538. The van der Waals surface area contributed by atoms with Gasteiger partial charge in [-0.2, -0.15) is 0 Å². The molecule has 2 nitrogen and oxygen atoms in total. The van der Waals surface area contributed by atoms with Gasteiger partial charge < -0.3 is 10.1 Å². The second-order valence-electron chi connectivity index (χ2n) is 3.99. The molecular weight excluding hydrogens is 186 g/mol. The highest BCUT2D eigenvalue weighted by Gasteiger charge is 2.02. The molecule has 1 aromatic carbocycles. The molecule has 0 spiro atoms. The largest absolute Gasteiger partial charge is 0.491 e. The zero-order valence-corrected chi connectivity index (χ0v) is 9.92. The van der Waals surface area contributed by atoms with E-state index in [1.165, 1.54) is 5.56 Å². The van der Waals surface area contributed by atoms with Gasteiger partial charge in [0.05, 0.1) is 6.10 Å². The summed E-state index contributed by atoms with van der Waals surface area (Å²) in [6.07, 6.45) is 2.54. The Morgan fingerprint density at radius 1 is 1.27 bits per heavy atom. The monoisotopic (exact) mass is 207 g/mol. The van der Waals surface area contributed by atoms with Gasteiger partial charge in [0.2, 0.25) is 0 Å². The second kappa shape index (κ2) is 6.46. The Hall–Kier alpha value is -1.02. The van der Waals surface area contributed by atoms with E-state index in [4.69, 9.17) is 4.74 Å². The van der Waals surface area contributed by atoms with E-state index in [1.807, 2.05) is 19.2 Å². The predicted octanol–water partition coefficient (Wildman–Crippen LogP) is 2.76. The predicted molar refractivity (Wildman–Crippen MR) is 64.4 cm³/mol. The zero-order valence-electron chi connectivity index (χ0n) is 9.92. The molecule has 0 aromatic heterocycles. The van der Waals surface area contributed by atoms with Crippen molar-refractivity contribution in [1.29, 1.82) is 0 Å². The van der Waals surface area contributed by atoms with Gasteiger partial charge in [0.25, 0.3) is 0 Å². The Bertz CT molecular complexity index is 268. The van der Waals surface area contributed by atoms with Crippen molar-refractivity contribution in [2.75, 3.05) is 13.6 Å². The number of nitrogens with one attached hydrogen (secondary N) is 1.